The highest BCUT2D eigenvalue weighted by Gasteiger charge is 2.23. The average molecular weight is 710 g/mol. The van der Waals surface area contributed by atoms with Crippen molar-refractivity contribution in [3.05, 3.63) is 124 Å². The number of hydrogen-bond donors (Lipinski definition) is 6. The van der Waals surface area contributed by atoms with E-state index in [0.717, 1.165) is 16.7 Å². The predicted molar refractivity (Wildman–Crippen MR) is 199 cm³/mol. The third-order valence-electron chi connectivity index (χ3n) is 8.95. The Bertz CT molecular complexity index is 2050. The third-order valence-corrected chi connectivity index (χ3v) is 9.26. The van der Waals surface area contributed by atoms with Crippen molar-refractivity contribution in [2.45, 2.75) is 38.0 Å². The molecule has 2 heterocycles. The number of aliphatic hydroxyl groups is 1. The first-order valence-electron chi connectivity index (χ1n) is 16.9. The summed E-state index contributed by atoms with van der Waals surface area (Å²) < 4.78 is 5.73. The number of H-pyrrole nitrogens is 1. The molecule has 264 valence electrons. The molecule has 0 unspecified atom stereocenters. The van der Waals surface area contributed by atoms with Crippen LogP contribution >= 0.6 is 11.6 Å². The van der Waals surface area contributed by atoms with Gasteiger partial charge in [0.1, 0.15) is 11.9 Å². The van der Waals surface area contributed by atoms with Gasteiger partial charge >= 0.3 is 6.09 Å². The second-order valence-electron chi connectivity index (χ2n) is 12.5. The first-order valence-corrected chi connectivity index (χ1v) is 17.3. The van der Waals surface area contributed by atoms with Crippen LogP contribution in [0.25, 0.3) is 22.0 Å². The number of halogens is 1. The van der Waals surface area contributed by atoms with Crippen LogP contribution in [0, 0.1) is 0 Å². The van der Waals surface area contributed by atoms with Crippen LogP contribution in [-0.4, -0.2) is 64.4 Å². The van der Waals surface area contributed by atoms with Gasteiger partial charge in [-0.2, -0.15) is 0 Å². The molecule has 0 bridgehead atoms. The van der Waals surface area contributed by atoms with Gasteiger partial charge in [0.2, 0.25) is 11.5 Å². The van der Waals surface area contributed by atoms with Crippen molar-refractivity contribution in [2.24, 2.45) is 0 Å². The maximum atomic E-state index is 12.8. The lowest BCUT2D eigenvalue weighted by Crippen LogP contribution is -2.39. The van der Waals surface area contributed by atoms with Crippen molar-refractivity contribution < 1.29 is 24.5 Å². The normalized spacial score (nSPS) is 14.2. The number of carbonyl (C=O) groups excluding carboxylic acids is 2. The van der Waals surface area contributed by atoms with Gasteiger partial charge in [0.05, 0.1) is 28.0 Å². The lowest BCUT2D eigenvalue weighted by atomic mass is 10.0. The Morgan fingerprint density at radius 2 is 1.69 bits per heavy atom. The van der Waals surface area contributed by atoms with Crippen LogP contribution in [0.3, 0.4) is 0 Å². The first-order chi connectivity index (χ1) is 24.7. The van der Waals surface area contributed by atoms with Gasteiger partial charge in [-0.25, -0.2) is 4.79 Å². The van der Waals surface area contributed by atoms with E-state index in [1.165, 1.54) is 12.1 Å². The number of phenols is 1. The van der Waals surface area contributed by atoms with Gasteiger partial charge in [0.15, 0.2) is 0 Å². The van der Waals surface area contributed by atoms with Gasteiger partial charge in [0, 0.05) is 56.2 Å². The molecule has 0 radical (unpaired) electrons. The minimum Gasteiger partial charge on any atom is -0.506 e. The maximum absolute atomic E-state index is 12.8. The SMILES string of the molecule is O=C(CCN1CCC(OC(=O)Nc2ccccc2-c2ccccc2)CC1)Nc1ccc(CNC[C@@H](O)c2ccc(O)c3[nH]c(=O)ccc23)cc1Cl. The van der Waals surface area contributed by atoms with Crippen LogP contribution < -0.4 is 21.5 Å². The van der Waals surface area contributed by atoms with Gasteiger partial charge < -0.3 is 35.5 Å². The van der Waals surface area contributed by atoms with Gasteiger partial charge in [0.25, 0.3) is 0 Å². The summed E-state index contributed by atoms with van der Waals surface area (Å²) in [5.41, 5.74) is 4.52. The number of hydrogen-bond acceptors (Lipinski definition) is 8. The molecule has 1 atom stereocenters. The summed E-state index contributed by atoms with van der Waals surface area (Å²) in [6.45, 7) is 2.63. The van der Waals surface area contributed by atoms with Crippen molar-refractivity contribution in [3.63, 3.8) is 0 Å². The molecule has 6 rings (SSSR count). The molecular formula is C39H40ClN5O6. The Morgan fingerprint density at radius 1 is 0.922 bits per heavy atom. The van der Waals surface area contributed by atoms with Crippen LogP contribution in [0.15, 0.2) is 102 Å². The minimum atomic E-state index is -0.890. The number of carbonyl (C=O) groups is 2. The van der Waals surface area contributed by atoms with E-state index < -0.39 is 12.2 Å². The van der Waals surface area contributed by atoms with E-state index in [-0.39, 0.29) is 35.4 Å². The fourth-order valence-electron chi connectivity index (χ4n) is 6.26. The summed E-state index contributed by atoms with van der Waals surface area (Å²) in [4.78, 5) is 42.0. The molecule has 1 aliphatic rings. The van der Waals surface area contributed by atoms with Gasteiger partial charge in [-0.1, -0.05) is 72.3 Å². The molecule has 2 amide bonds. The largest absolute Gasteiger partial charge is 0.506 e. The average Bonchev–Trinajstić information content (AvgIpc) is 3.13. The van der Waals surface area contributed by atoms with E-state index in [1.807, 2.05) is 60.7 Å². The predicted octanol–water partition coefficient (Wildman–Crippen LogP) is 6.42. The van der Waals surface area contributed by atoms with Crippen molar-refractivity contribution in [3.8, 4) is 16.9 Å². The first kappa shape index (κ1) is 35.6. The summed E-state index contributed by atoms with van der Waals surface area (Å²) in [6.07, 6.45) is 0.0856. The van der Waals surface area contributed by atoms with E-state index in [9.17, 15) is 24.6 Å². The molecule has 0 aliphatic carbocycles. The summed E-state index contributed by atoms with van der Waals surface area (Å²) in [6, 6.07) is 28.9. The Labute approximate surface area is 300 Å². The number of aromatic amines is 1. The fourth-order valence-corrected chi connectivity index (χ4v) is 6.51. The molecule has 6 N–H and O–H groups in total. The number of nitrogens with zero attached hydrogens (tertiary/aromatic N) is 1. The van der Waals surface area contributed by atoms with E-state index in [0.29, 0.717) is 72.8 Å². The zero-order chi connectivity index (χ0) is 35.7. The monoisotopic (exact) mass is 709 g/mol. The number of pyridine rings is 1. The number of benzene rings is 4. The van der Waals surface area contributed by atoms with Crippen LogP contribution in [0.4, 0.5) is 16.2 Å². The van der Waals surface area contributed by atoms with E-state index >= 15 is 0 Å². The number of aliphatic hydroxyl groups excluding tert-OH is 1. The highest BCUT2D eigenvalue weighted by molar-refractivity contribution is 6.33. The molecule has 1 saturated heterocycles. The summed E-state index contributed by atoms with van der Waals surface area (Å²) in [5, 5.41) is 30.9. The summed E-state index contributed by atoms with van der Waals surface area (Å²) >= 11 is 6.50. The van der Waals surface area contributed by atoms with Crippen molar-refractivity contribution >= 4 is 45.9 Å². The van der Waals surface area contributed by atoms with E-state index in [1.54, 1.807) is 24.3 Å². The number of nitrogens with one attached hydrogen (secondary N) is 4. The van der Waals surface area contributed by atoms with E-state index in [4.69, 9.17) is 16.3 Å². The number of phenolic OH excluding ortho intramolecular Hbond substituents is 1. The quantitative estimate of drug-likeness (QED) is 0.0867. The maximum Gasteiger partial charge on any atom is 0.411 e. The molecule has 1 fully saturated rings. The van der Waals surface area contributed by atoms with Crippen LogP contribution in [0.1, 0.15) is 36.5 Å². The number of aromatic nitrogens is 1. The Kier molecular flexibility index (Phi) is 11.6. The minimum absolute atomic E-state index is 0.0659. The molecule has 5 aromatic rings. The number of anilines is 2. The van der Waals surface area contributed by atoms with Crippen molar-refractivity contribution in [1.82, 2.24) is 15.2 Å². The van der Waals surface area contributed by atoms with Gasteiger partial charge in [-0.3, -0.25) is 14.9 Å². The molecule has 4 aromatic carbocycles. The zero-order valence-corrected chi connectivity index (χ0v) is 28.7. The number of fused-ring (bicyclic) bond motifs is 1. The number of piperidine rings is 1. The van der Waals surface area contributed by atoms with Crippen molar-refractivity contribution in [1.29, 1.82) is 0 Å². The van der Waals surface area contributed by atoms with Crippen LogP contribution in [0.2, 0.25) is 5.02 Å². The number of likely N-dealkylation sites (tertiary alicyclic amines) is 1. The smallest absolute Gasteiger partial charge is 0.411 e. The Balaban J connectivity index is 0.906. The second-order valence-corrected chi connectivity index (χ2v) is 12.9. The Hall–Kier alpha value is -5.20. The fraction of sp³-hybridized carbons (Fsp3) is 0.256. The van der Waals surface area contributed by atoms with Crippen molar-refractivity contribution in [2.75, 3.05) is 36.8 Å². The molecule has 11 nitrogen and oxygen atoms in total. The number of ether oxygens (including phenoxy) is 1. The third kappa shape index (κ3) is 9.33. The topological polar surface area (TPSA) is 156 Å². The number of aromatic hydroxyl groups is 1. The van der Waals surface area contributed by atoms with Crippen LogP contribution in [0.5, 0.6) is 5.75 Å². The molecule has 1 aliphatic heterocycles. The number of amides is 2. The zero-order valence-electron chi connectivity index (χ0n) is 27.9. The molecule has 0 saturated carbocycles. The second kappa shape index (κ2) is 16.7. The van der Waals surface area contributed by atoms with Gasteiger partial charge in [-0.05, 0) is 59.9 Å². The van der Waals surface area contributed by atoms with E-state index in [2.05, 4.69) is 25.8 Å². The Morgan fingerprint density at radius 3 is 2.47 bits per heavy atom. The number of rotatable bonds is 12. The van der Waals surface area contributed by atoms with Crippen LogP contribution in [-0.2, 0) is 16.1 Å². The summed E-state index contributed by atoms with van der Waals surface area (Å²) in [5.74, 6) is -0.216. The molecular weight excluding hydrogens is 670 g/mol. The molecule has 51 heavy (non-hydrogen) atoms. The standard InChI is InChI=1S/C39H40ClN5O6/c40-31-22-25(23-41-24-35(47)29-11-14-34(46)38-30(29)12-15-36(48)44-38)10-13-33(31)42-37(49)18-21-45-19-16-27(17-20-45)51-39(50)43-32-9-5-4-8-28(32)26-6-2-1-3-7-26/h1-15,22,27,35,41,46-47H,16-21,23-24H2,(H,42,49)(H,43,50)(H,44,48)/t35-/m1/s1. The molecule has 12 heteroatoms. The molecule has 0 spiro atoms. The highest BCUT2D eigenvalue weighted by Crippen LogP contribution is 2.30. The highest BCUT2D eigenvalue weighted by atomic mass is 35.5. The summed E-state index contributed by atoms with van der Waals surface area (Å²) in [7, 11) is 0. The molecule has 1 aromatic heterocycles. The van der Waals surface area contributed by atoms with Gasteiger partial charge in [-0.15, -0.1) is 0 Å². The lowest BCUT2D eigenvalue weighted by molar-refractivity contribution is -0.116. The number of para-hydroxylation sites is 1. The lowest BCUT2D eigenvalue weighted by Gasteiger charge is -2.31.